The molecule has 84 valence electrons. The van der Waals surface area contributed by atoms with Crippen LogP contribution in [0.25, 0.3) is 0 Å². The Kier molecular flexibility index (Phi) is 7.14. The highest BCUT2D eigenvalue weighted by molar-refractivity contribution is 5.82. The maximum atomic E-state index is 8.44. The first-order valence-corrected chi connectivity index (χ1v) is 4.85. The summed E-state index contributed by atoms with van der Waals surface area (Å²) in [5.74, 6) is 0.288. The second-order valence-corrected chi connectivity index (χ2v) is 3.39. The zero-order valence-electron chi connectivity index (χ0n) is 9.16. The Morgan fingerprint density at radius 2 is 2.29 bits per heavy atom. The largest absolute Gasteiger partial charge is 0.409 e. The Labute approximate surface area is 85.3 Å². The van der Waals surface area contributed by atoms with Crippen LogP contribution in [0.15, 0.2) is 5.16 Å². The zero-order chi connectivity index (χ0) is 11.0. The van der Waals surface area contributed by atoms with Crippen LogP contribution in [0, 0.1) is 5.92 Å². The van der Waals surface area contributed by atoms with Crippen LogP contribution in [0.3, 0.4) is 0 Å². The summed E-state index contributed by atoms with van der Waals surface area (Å²) in [4.78, 5) is 0. The Bertz CT molecular complexity index is 173. The lowest BCUT2D eigenvalue weighted by molar-refractivity contribution is 0.163. The van der Waals surface area contributed by atoms with Crippen molar-refractivity contribution in [2.75, 3.05) is 20.3 Å². The van der Waals surface area contributed by atoms with Crippen molar-refractivity contribution < 1.29 is 9.94 Å². The standard InChI is InChI=1S/C9H21N3O2/c1-4-8(6-14-3)11-5-7(2)9(10)12-13/h7-8,11,13H,4-6H2,1-3H3,(H2,10,12). The summed E-state index contributed by atoms with van der Waals surface area (Å²) < 4.78 is 5.04. The maximum absolute atomic E-state index is 8.44. The second kappa shape index (κ2) is 7.58. The number of rotatable bonds is 7. The van der Waals surface area contributed by atoms with Crippen molar-refractivity contribution in [1.82, 2.24) is 5.32 Å². The molecule has 4 N–H and O–H groups in total. The van der Waals surface area contributed by atoms with E-state index in [-0.39, 0.29) is 11.8 Å². The van der Waals surface area contributed by atoms with E-state index in [1.165, 1.54) is 0 Å². The van der Waals surface area contributed by atoms with Crippen LogP contribution >= 0.6 is 0 Å². The van der Waals surface area contributed by atoms with Crippen molar-refractivity contribution in [3.8, 4) is 0 Å². The first-order chi connectivity index (χ1) is 6.65. The molecule has 2 unspecified atom stereocenters. The average molecular weight is 203 g/mol. The molecule has 5 nitrogen and oxygen atoms in total. The van der Waals surface area contributed by atoms with Crippen LogP contribution in [-0.4, -0.2) is 37.3 Å². The van der Waals surface area contributed by atoms with E-state index < -0.39 is 0 Å². The second-order valence-electron chi connectivity index (χ2n) is 3.39. The van der Waals surface area contributed by atoms with Gasteiger partial charge in [-0.3, -0.25) is 0 Å². The Morgan fingerprint density at radius 3 is 2.71 bits per heavy atom. The summed E-state index contributed by atoms with van der Waals surface area (Å²) in [7, 11) is 1.68. The fraction of sp³-hybridized carbons (Fsp3) is 0.889. The summed E-state index contributed by atoms with van der Waals surface area (Å²) >= 11 is 0. The monoisotopic (exact) mass is 203 g/mol. The van der Waals surface area contributed by atoms with Gasteiger partial charge in [-0.05, 0) is 6.42 Å². The minimum atomic E-state index is 0.0332. The van der Waals surface area contributed by atoms with Crippen LogP contribution in [0.1, 0.15) is 20.3 Å². The minimum Gasteiger partial charge on any atom is -0.409 e. The van der Waals surface area contributed by atoms with Crippen molar-refractivity contribution in [2.24, 2.45) is 16.8 Å². The maximum Gasteiger partial charge on any atom is 0.143 e. The van der Waals surface area contributed by atoms with Gasteiger partial charge >= 0.3 is 0 Å². The van der Waals surface area contributed by atoms with Crippen LogP contribution < -0.4 is 11.1 Å². The van der Waals surface area contributed by atoms with E-state index in [0.29, 0.717) is 19.2 Å². The molecule has 0 fully saturated rings. The molecule has 0 aromatic carbocycles. The molecule has 0 aliphatic heterocycles. The van der Waals surface area contributed by atoms with Crippen molar-refractivity contribution in [2.45, 2.75) is 26.3 Å². The number of nitrogens with one attached hydrogen (secondary N) is 1. The molecule has 0 spiro atoms. The van der Waals surface area contributed by atoms with Crippen molar-refractivity contribution in [3.63, 3.8) is 0 Å². The van der Waals surface area contributed by atoms with Gasteiger partial charge in [0.1, 0.15) is 5.84 Å². The number of amidine groups is 1. The van der Waals surface area contributed by atoms with Gasteiger partial charge in [-0.2, -0.15) is 0 Å². The van der Waals surface area contributed by atoms with Crippen LogP contribution in [0.4, 0.5) is 0 Å². The summed E-state index contributed by atoms with van der Waals surface area (Å²) in [6, 6.07) is 0.328. The Morgan fingerprint density at radius 1 is 1.64 bits per heavy atom. The van der Waals surface area contributed by atoms with Gasteiger partial charge in [0.15, 0.2) is 0 Å². The minimum absolute atomic E-state index is 0.0332. The third-order valence-electron chi connectivity index (χ3n) is 2.19. The number of nitrogens with zero attached hydrogens (tertiary/aromatic N) is 1. The van der Waals surface area contributed by atoms with E-state index in [2.05, 4.69) is 17.4 Å². The highest BCUT2D eigenvalue weighted by Crippen LogP contribution is 1.96. The number of nitrogens with two attached hydrogens (primary N) is 1. The number of hydrogen-bond donors (Lipinski definition) is 3. The van der Waals surface area contributed by atoms with E-state index in [4.69, 9.17) is 15.7 Å². The molecular formula is C9H21N3O2. The molecule has 5 heteroatoms. The predicted molar refractivity (Wildman–Crippen MR) is 56.5 cm³/mol. The molecule has 0 aliphatic carbocycles. The number of methoxy groups -OCH3 is 1. The topological polar surface area (TPSA) is 79.9 Å². The highest BCUT2D eigenvalue weighted by Gasteiger charge is 2.10. The van der Waals surface area contributed by atoms with E-state index >= 15 is 0 Å². The van der Waals surface area contributed by atoms with Crippen LogP contribution in [0.5, 0.6) is 0 Å². The molecule has 2 atom stereocenters. The lowest BCUT2D eigenvalue weighted by Gasteiger charge is -2.18. The highest BCUT2D eigenvalue weighted by atomic mass is 16.5. The summed E-state index contributed by atoms with van der Waals surface area (Å²) in [5.41, 5.74) is 5.45. The molecule has 14 heavy (non-hydrogen) atoms. The number of hydrogen-bond acceptors (Lipinski definition) is 4. The molecule has 0 radical (unpaired) electrons. The Balaban J connectivity index is 3.78. The van der Waals surface area contributed by atoms with Crippen molar-refractivity contribution in [1.29, 1.82) is 0 Å². The molecule has 0 aliphatic rings. The quantitative estimate of drug-likeness (QED) is 0.242. The van der Waals surface area contributed by atoms with Crippen LogP contribution in [0.2, 0.25) is 0 Å². The van der Waals surface area contributed by atoms with Gasteiger partial charge in [0.2, 0.25) is 0 Å². The summed E-state index contributed by atoms with van der Waals surface area (Å²) in [6.45, 7) is 5.36. The Hall–Kier alpha value is -0.810. The van der Waals surface area contributed by atoms with E-state index in [1.807, 2.05) is 6.92 Å². The first kappa shape index (κ1) is 13.2. The van der Waals surface area contributed by atoms with Gasteiger partial charge in [-0.15, -0.1) is 0 Å². The van der Waals surface area contributed by atoms with E-state index in [0.717, 1.165) is 6.42 Å². The van der Waals surface area contributed by atoms with Gasteiger partial charge in [0.25, 0.3) is 0 Å². The fourth-order valence-electron chi connectivity index (χ4n) is 1.07. The van der Waals surface area contributed by atoms with Gasteiger partial charge < -0.3 is 21.0 Å². The number of oxime groups is 1. The third kappa shape index (κ3) is 5.04. The van der Waals surface area contributed by atoms with E-state index in [1.54, 1.807) is 7.11 Å². The average Bonchev–Trinajstić information content (AvgIpc) is 2.22. The lowest BCUT2D eigenvalue weighted by atomic mass is 10.1. The van der Waals surface area contributed by atoms with Crippen molar-refractivity contribution in [3.05, 3.63) is 0 Å². The smallest absolute Gasteiger partial charge is 0.143 e. The normalized spacial score (nSPS) is 16.6. The third-order valence-corrected chi connectivity index (χ3v) is 2.19. The molecular weight excluding hydrogens is 182 g/mol. The molecule has 0 saturated carbocycles. The molecule has 0 amide bonds. The zero-order valence-corrected chi connectivity index (χ0v) is 9.16. The molecule has 0 bridgehead atoms. The van der Waals surface area contributed by atoms with Crippen molar-refractivity contribution >= 4 is 5.84 Å². The predicted octanol–water partition coefficient (Wildman–Crippen LogP) is 0.384. The first-order valence-electron chi connectivity index (χ1n) is 4.85. The number of ether oxygens (including phenoxy) is 1. The lowest BCUT2D eigenvalue weighted by Crippen LogP contribution is -2.39. The summed E-state index contributed by atoms with van der Waals surface area (Å²) in [5, 5.41) is 14.7. The van der Waals surface area contributed by atoms with Gasteiger partial charge in [-0.1, -0.05) is 19.0 Å². The molecule has 0 heterocycles. The fourth-order valence-corrected chi connectivity index (χ4v) is 1.07. The molecule has 0 rings (SSSR count). The van der Waals surface area contributed by atoms with E-state index in [9.17, 15) is 0 Å². The molecule has 0 saturated heterocycles. The van der Waals surface area contributed by atoms with Crippen LogP contribution in [-0.2, 0) is 4.74 Å². The SMILES string of the molecule is CCC(COC)NCC(C)C(N)=NO. The molecule has 0 aromatic rings. The molecule has 0 aromatic heterocycles. The van der Waals surface area contributed by atoms with Gasteiger partial charge in [0, 0.05) is 25.6 Å². The summed E-state index contributed by atoms with van der Waals surface area (Å²) in [6.07, 6.45) is 0.997. The van der Waals surface area contributed by atoms with Gasteiger partial charge in [0.05, 0.1) is 6.61 Å². The van der Waals surface area contributed by atoms with Gasteiger partial charge in [-0.25, -0.2) is 0 Å².